The van der Waals surface area contributed by atoms with Crippen molar-refractivity contribution < 1.29 is 37.6 Å². The molecule has 0 aromatic carbocycles. The molecule has 0 spiro atoms. The monoisotopic (exact) mass is 590 g/mol. The van der Waals surface area contributed by atoms with Gasteiger partial charge < -0.3 is 20.1 Å². The maximum absolute atomic E-state index is 8.74. The number of unbranched alkanes of at least 4 members (excludes halogenated alkanes) is 18. The Kier molecular flexibility index (Phi) is 62.8. The van der Waals surface area contributed by atoms with Gasteiger partial charge in [0.2, 0.25) is 0 Å². The summed E-state index contributed by atoms with van der Waals surface area (Å²) in [6, 6.07) is 0. The molecule has 0 aliphatic rings. The second kappa shape index (κ2) is 50.5. The van der Waals surface area contributed by atoms with Crippen LogP contribution in [-0.4, -0.2) is 65.9 Å². The van der Waals surface area contributed by atoms with E-state index < -0.39 is 10.4 Å². The van der Waals surface area contributed by atoms with E-state index in [-0.39, 0.29) is 19.8 Å². The molecule has 0 atom stereocenters. The van der Waals surface area contributed by atoms with Crippen LogP contribution in [0.4, 0.5) is 0 Å². The first-order valence-electron chi connectivity index (χ1n) is 15.8. The normalized spacial score (nSPS) is 10.1. The molecule has 0 aliphatic carbocycles. The third-order valence-electron chi connectivity index (χ3n) is 5.28. The number of aliphatic hydroxyl groups excluding tert-OH is 3. The Balaban J connectivity index is -0.000000227. The maximum Gasteiger partial charge on any atom is 0.394 e. The molecule has 39 heavy (non-hydrogen) atoms. The predicted octanol–water partition coefficient (Wildman–Crippen LogP) is 8.19. The molecule has 9 heteroatoms. The van der Waals surface area contributed by atoms with E-state index in [1.807, 2.05) is 0 Å². The first kappa shape index (κ1) is 48.4. The van der Waals surface area contributed by atoms with E-state index in [4.69, 9.17) is 37.6 Å². The fraction of sp³-hybridized carbons (Fsp3) is 1.00. The summed E-state index contributed by atoms with van der Waals surface area (Å²) in [5.74, 6) is 0. The van der Waals surface area contributed by atoms with Crippen molar-refractivity contribution in [3.8, 4) is 0 Å². The van der Waals surface area contributed by atoms with Crippen LogP contribution in [0.1, 0.15) is 163 Å². The van der Waals surface area contributed by atoms with Gasteiger partial charge in [0, 0.05) is 33.0 Å². The van der Waals surface area contributed by atoms with Crippen molar-refractivity contribution in [3.63, 3.8) is 0 Å². The Morgan fingerprint density at radius 1 is 0.410 bits per heavy atom. The quantitative estimate of drug-likeness (QED) is 0.0627. The van der Waals surface area contributed by atoms with Gasteiger partial charge in [-0.1, -0.05) is 129 Å². The summed E-state index contributed by atoms with van der Waals surface area (Å²) in [4.78, 5) is 0. The molecule has 0 fully saturated rings. The molecule has 0 aromatic heterocycles. The molecule has 0 radical (unpaired) electrons. The summed E-state index contributed by atoms with van der Waals surface area (Å²) < 4.78 is 37.4. The van der Waals surface area contributed by atoms with E-state index in [1.165, 1.54) is 128 Å². The van der Waals surface area contributed by atoms with Gasteiger partial charge in [-0.05, 0) is 33.6 Å². The first-order valence-corrected chi connectivity index (χ1v) is 17.2. The Morgan fingerprint density at radius 2 is 0.564 bits per heavy atom. The van der Waals surface area contributed by atoms with Gasteiger partial charge in [-0.15, -0.1) is 0 Å². The van der Waals surface area contributed by atoms with Crippen molar-refractivity contribution >= 4 is 10.4 Å². The molecule has 0 unspecified atom stereocenters. The lowest BCUT2D eigenvalue weighted by atomic mass is 10.1. The lowest BCUT2D eigenvalue weighted by molar-refractivity contribution is 0.125. The highest BCUT2D eigenvalue weighted by atomic mass is 32.3. The van der Waals surface area contributed by atoms with Crippen molar-refractivity contribution in [1.29, 1.82) is 0 Å². The maximum atomic E-state index is 8.74. The molecule has 0 saturated heterocycles. The molecule has 0 bridgehead atoms. The topological polar surface area (TPSA) is 145 Å². The van der Waals surface area contributed by atoms with Crippen LogP contribution in [0.2, 0.25) is 0 Å². The van der Waals surface area contributed by atoms with Crippen LogP contribution < -0.4 is 0 Å². The Hall–Kier alpha value is -0.290. The molecule has 0 saturated carbocycles. The van der Waals surface area contributed by atoms with Crippen molar-refractivity contribution in [2.24, 2.45) is 0 Å². The van der Waals surface area contributed by atoms with Gasteiger partial charge in [0.25, 0.3) is 0 Å². The first-order chi connectivity index (χ1) is 18.7. The van der Waals surface area contributed by atoms with Gasteiger partial charge in [0.15, 0.2) is 0 Å². The zero-order valence-corrected chi connectivity index (χ0v) is 27.4. The van der Waals surface area contributed by atoms with Crippen molar-refractivity contribution in [1.82, 2.24) is 0 Å². The van der Waals surface area contributed by atoms with Crippen LogP contribution in [0.5, 0.6) is 0 Å². The smallest absolute Gasteiger partial charge is 0.394 e. The number of ether oxygens (including phenoxy) is 1. The van der Waals surface area contributed by atoms with Gasteiger partial charge in [-0.3, -0.25) is 9.11 Å². The number of hydrogen-bond donors (Lipinski definition) is 5. The zero-order valence-electron chi connectivity index (χ0n) is 26.5. The van der Waals surface area contributed by atoms with E-state index in [0.717, 1.165) is 13.2 Å². The molecule has 0 heterocycles. The van der Waals surface area contributed by atoms with Gasteiger partial charge in [-0.2, -0.15) is 8.42 Å². The Morgan fingerprint density at radius 3 is 0.744 bits per heavy atom. The SMILES string of the molecule is CCCCCCCCCCCCOCCCCCCCCCCCC.CCO.CCO.CCO.O=S(=O)(O)O. The van der Waals surface area contributed by atoms with E-state index in [1.54, 1.807) is 20.8 Å². The van der Waals surface area contributed by atoms with Gasteiger partial charge in [0.05, 0.1) is 0 Å². The van der Waals surface area contributed by atoms with E-state index in [9.17, 15) is 0 Å². The van der Waals surface area contributed by atoms with E-state index >= 15 is 0 Å². The van der Waals surface area contributed by atoms with Crippen molar-refractivity contribution in [2.45, 2.75) is 163 Å². The van der Waals surface area contributed by atoms with E-state index in [2.05, 4.69) is 13.8 Å². The van der Waals surface area contributed by atoms with Crippen LogP contribution in [0.25, 0.3) is 0 Å². The summed E-state index contributed by atoms with van der Waals surface area (Å²) in [7, 11) is -4.67. The minimum Gasteiger partial charge on any atom is -0.397 e. The fourth-order valence-corrected chi connectivity index (χ4v) is 3.49. The predicted molar refractivity (Wildman–Crippen MR) is 167 cm³/mol. The minimum absolute atomic E-state index is 0.250. The van der Waals surface area contributed by atoms with Crippen LogP contribution in [0, 0.1) is 0 Å². The van der Waals surface area contributed by atoms with Crippen molar-refractivity contribution in [3.05, 3.63) is 0 Å². The second-order valence-electron chi connectivity index (χ2n) is 9.37. The largest absolute Gasteiger partial charge is 0.397 e. The molecule has 244 valence electrons. The molecular formula is C30H70O8S. The van der Waals surface area contributed by atoms with Crippen LogP contribution in [0.15, 0.2) is 0 Å². The number of hydrogen-bond acceptors (Lipinski definition) is 6. The summed E-state index contributed by atoms with van der Waals surface area (Å²) in [6.07, 6.45) is 28.2. The highest BCUT2D eigenvalue weighted by Crippen LogP contribution is 2.12. The molecule has 0 rings (SSSR count). The third kappa shape index (κ3) is 102. The van der Waals surface area contributed by atoms with Crippen LogP contribution >= 0.6 is 0 Å². The average molecular weight is 591 g/mol. The fourth-order valence-electron chi connectivity index (χ4n) is 3.49. The lowest BCUT2D eigenvalue weighted by Crippen LogP contribution is -1.97. The zero-order chi connectivity index (χ0) is 30.9. The Bertz CT molecular complexity index is 413. The summed E-state index contributed by atoms with van der Waals surface area (Å²) in [6.45, 7) is 12.4. The van der Waals surface area contributed by atoms with Crippen molar-refractivity contribution in [2.75, 3.05) is 33.0 Å². The summed E-state index contributed by atoms with van der Waals surface area (Å²) in [5, 5.41) is 22.7. The molecule has 0 aliphatic heterocycles. The van der Waals surface area contributed by atoms with Gasteiger partial charge in [-0.25, -0.2) is 0 Å². The highest BCUT2D eigenvalue weighted by molar-refractivity contribution is 7.79. The Labute approximate surface area is 243 Å². The van der Waals surface area contributed by atoms with Gasteiger partial charge >= 0.3 is 10.4 Å². The average Bonchev–Trinajstić information content (AvgIpc) is 2.85. The second-order valence-corrected chi connectivity index (χ2v) is 10.3. The molecule has 0 aromatic rings. The molecular weight excluding hydrogens is 520 g/mol. The summed E-state index contributed by atoms with van der Waals surface area (Å²) in [5.41, 5.74) is 0. The summed E-state index contributed by atoms with van der Waals surface area (Å²) >= 11 is 0. The molecule has 0 amide bonds. The lowest BCUT2D eigenvalue weighted by Gasteiger charge is -2.05. The minimum atomic E-state index is -4.67. The van der Waals surface area contributed by atoms with E-state index in [0.29, 0.717) is 0 Å². The third-order valence-corrected chi connectivity index (χ3v) is 5.28. The van der Waals surface area contributed by atoms with Crippen LogP contribution in [0.3, 0.4) is 0 Å². The van der Waals surface area contributed by atoms with Gasteiger partial charge in [0.1, 0.15) is 0 Å². The molecule has 8 nitrogen and oxygen atoms in total. The molecule has 5 N–H and O–H groups in total. The van der Waals surface area contributed by atoms with Crippen LogP contribution in [-0.2, 0) is 15.1 Å². The number of aliphatic hydroxyl groups is 3. The number of rotatable bonds is 22. The standard InChI is InChI=1S/C24H50O.3C2H6O.H2O4S/c1-3-5-7-9-11-13-15-17-19-21-23-25-24-22-20-18-16-14-12-10-8-6-4-2;3*1-2-3;1-5(2,3)4/h3-24H2,1-2H3;3*3H,2H2,1H3;(H2,1,2,3,4). The highest BCUT2D eigenvalue weighted by Gasteiger charge is 1.95.